The highest BCUT2D eigenvalue weighted by Gasteiger charge is 2.15. The summed E-state index contributed by atoms with van der Waals surface area (Å²) in [7, 11) is 0. The number of aromatic hydroxyl groups is 1. The molecule has 1 aromatic carbocycles. The highest BCUT2D eigenvalue weighted by Crippen LogP contribution is 2.31. The van der Waals surface area contributed by atoms with Gasteiger partial charge in [0.25, 0.3) is 5.89 Å². The molecule has 2 heterocycles. The Hall–Kier alpha value is -2.40. The van der Waals surface area contributed by atoms with Gasteiger partial charge in [-0.15, -0.1) is 0 Å². The summed E-state index contributed by atoms with van der Waals surface area (Å²) in [6, 6.07) is 10.2. The first-order valence-corrected chi connectivity index (χ1v) is 6.28. The first kappa shape index (κ1) is 12.6. The number of aromatic nitrogens is 3. The number of phenols is 1. The number of phenolic OH excluding ortho intramolecular Hbond substituents is 1. The normalized spacial score (nSPS) is 10.7. The van der Waals surface area contributed by atoms with Gasteiger partial charge in [-0.1, -0.05) is 22.8 Å². The Bertz CT molecular complexity index is 771. The lowest BCUT2D eigenvalue weighted by Gasteiger charge is -1.99. The third kappa shape index (κ3) is 2.35. The van der Waals surface area contributed by atoms with E-state index in [1.54, 1.807) is 18.2 Å². The van der Waals surface area contributed by atoms with E-state index < -0.39 is 0 Å². The zero-order valence-electron chi connectivity index (χ0n) is 10.5. The molecule has 0 spiro atoms. The van der Waals surface area contributed by atoms with Crippen LogP contribution in [0.3, 0.4) is 0 Å². The molecule has 0 saturated heterocycles. The molecule has 0 radical (unpaired) electrons. The fraction of sp³-hybridized carbons (Fsp3) is 0.0714. The molecule has 1 N–H and O–H groups in total. The van der Waals surface area contributed by atoms with Crippen LogP contribution in [-0.4, -0.2) is 20.2 Å². The highest BCUT2D eigenvalue weighted by atomic mass is 35.5. The summed E-state index contributed by atoms with van der Waals surface area (Å²) in [6.07, 6.45) is 0. The predicted molar refractivity (Wildman–Crippen MR) is 74.4 cm³/mol. The highest BCUT2D eigenvalue weighted by molar-refractivity contribution is 6.30. The SMILES string of the molecule is Cc1cccc(-c2noc(-c3cc(Cl)ccc3O)n2)n1. The zero-order valence-corrected chi connectivity index (χ0v) is 11.3. The summed E-state index contributed by atoms with van der Waals surface area (Å²) in [5.41, 5.74) is 1.87. The molecule has 0 saturated carbocycles. The van der Waals surface area contributed by atoms with Crippen molar-refractivity contribution in [1.82, 2.24) is 15.1 Å². The Morgan fingerprint density at radius 3 is 2.80 bits per heavy atom. The van der Waals surface area contributed by atoms with Gasteiger partial charge in [0.15, 0.2) is 0 Å². The number of hydrogen-bond acceptors (Lipinski definition) is 5. The van der Waals surface area contributed by atoms with Crippen LogP contribution in [0.15, 0.2) is 40.9 Å². The fourth-order valence-corrected chi connectivity index (χ4v) is 1.96. The molecular formula is C14H10ClN3O2. The van der Waals surface area contributed by atoms with Gasteiger partial charge in [-0.05, 0) is 37.3 Å². The second-order valence-corrected chi connectivity index (χ2v) is 4.69. The second kappa shape index (κ2) is 4.94. The minimum atomic E-state index is 0.0294. The number of benzene rings is 1. The van der Waals surface area contributed by atoms with E-state index in [9.17, 15) is 5.11 Å². The van der Waals surface area contributed by atoms with Crippen molar-refractivity contribution in [1.29, 1.82) is 0 Å². The third-order valence-electron chi connectivity index (χ3n) is 2.73. The summed E-state index contributed by atoms with van der Waals surface area (Å²) in [5.74, 6) is 0.591. The largest absolute Gasteiger partial charge is 0.507 e. The van der Waals surface area contributed by atoms with Crippen molar-refractivity contribution in [3.8, 4) is 28.7 Å². The number of rotatable bonds is 2. The number of hydrogen-bond donors (Lipinski definition) is 1. The van der Waals surface area contributed by atoms with Crippen molar-refractivity contribution in [2.24, 2.45) is 0 Å². The van der Waals surface area contributed by atoms with E-state index in [2.05, 4.69) is 15.1 Å². The fourth-order valence-electron chi connectivity index (χ4n) is 1.78. The molecule has 6 heteroatoms. The molecule has 0 atom stereocenters. The first-order chi connectivity index (χ1) is 9.63. The van der Waals surface area contributed by atoms with Gasteiger partial charge in [-0.2, -0.15) is 4.98 Å². The van der Waals surface area contributed by atoms with Gasteiger partial charge in [-0.3, -0.25) is 0 Å². The van der Waals surface area contributed by atoms with Crippen LogP contribution in [0.4, 0.5) is 0 Å². The lowest BCUT2D eigenvalue weighted by atomic mass is 10.2. The molecule has 0 unspecified atom stereocenters. The maximum Gasteiger partial charge on any atom is 0.262 e. The Balaban J connectivity index is 2.04. The minimum absolute atomic E-state index is 0.0294. The number of nitrogens with zero attached hydrogens (tertiary/aromatic N) is 3. The third-order valence-corrected chi connectivity index (χ3v) is 2.97. The molecule has 0 aliphatic heterocycles. The van der Waals surface area contributed by atoms with E-state index in [0.717, 1.165) is 5.69 Å². The summed E-state index contributed by atoms with van der Waals surface area (Å²) >= 11 is 5.90. The van der Waals surface area contributed by atoms with E-state index in [-0.39, 0.29) is 11.6 Å². The molecule has 2 aromatic heterocycles. The van der Waals surface area contributed by atoms with Gasteiger partial charge in [-0.25, -0.2) is 4.98 Å². The monoisotopic (exact) mass is 287 g/mol. The van der Waals surface area contributed by atoms with Crippen molar-refractivity contribution >= 4 is 11.6 Å². The van der Waals surface area contributed by atoms with Crippen molar-refractivity contribution in [3.05, 3.63) is 47.1 Å². The summed E-state index contributed by atoms with van der Waals surface area (Å²) < 4.78 is 5.16. The smallest absolute Gasteiger partial charge is 0.262 e. The summed E-state index contributed by atoms with van der Waals surface area (Å²) in [6.45, 7) is 1.88. The predicted octanol–water partition coefficient (Wildman–Crippen LogP) is 3.47. The van der Waals surface area contributed by atoms with E-state index in [4.69, 9.17) is 16.1 Å². The molecule has 5 nitrogen and oxygen atoms in total. The van der Waals surface area contributed by atoms with Gasteiger partial charge < -0.3 is 9.63 Å². The van der Waals surface area contributed by atoms with Gasteiger partial charge in [0.1, 0.15) is 11.4 Å². The number of aryl methyl sites for hydroxylation is 1. The van der Waals surface area contributed by atoms with Gasteiger partial charge in [0, 0.05) is 10.7 Å². The average molecular weight is 288 g/mol. The van der Waals surface area contributed by atoms with Crippen LogP contribution in [-0.2, 0) is 0 Å². The maximum absolute atomic E-state index is 9.81. The Kier molecular flexibility index (Phi) is 3.12. The average Bonchev–Trinajstić information content (AvgIpc) is 2.91. The molecule has 3 aromatic rings. The summed E-state index contributed by atoms with van der Waals surface area (Å²) in [5, 5.41) is 14.2. The lowest BCUT2D eigenvalue weighted by Crippen LogP contribution is -1.88. The molecule has 100 valence electrons. The van der Waals surface area contributed by atoms with Crippen LogP contribution in [0.1, 0.15) is 5.69 Å². The number of pyridine rings is 1. The molecular weight excluding hydrogens is 278 g/mol. The molecule has 0 bridgehead atoms. The van der Waals surface area contributed by atoms with Crippen LogP contribution < -0.4 is 0 Å². The molecule has 3 rings (SSSR count). The molecule has 0 fully saturated rings. The van der Waals surface area contributed by atoms with E-state index in [0.29, 0.717) is 22.1 Å². The van der Waals surface area contributed by atoms with E-state index in [1.165, 1.54) is 6.07 Å². The van der Waals surface area contributed by atoms with E-state index >= 15 is 0 Å². The quantitative estimate of drug-likeness (QED) is 0.781. The summed E-state index contributed by atoms with van der Waals surface area (Å²) in [4.78, 5) is 8.55. The Morgan fingerprint density at radius 2 is 2.00 bits per heavy atom. The van der Waals surface area contributed by atoms with Crippen molar-refractivity contribution in [3.63, 3.8) is 0 Å². The minimum Gasteiger partial charge on any atom is -0.507 e. The Labute approximate surface area is 119 Å². The molecule has 20 heavy (non-hydrogen) atoms. The standard InChI is InChI=1S/C14H10ClN3O2/c1-8-3-2-4-11(16-8)13-17-14(20-18-13)10-7-9(15)5-6-12(10)19/h2-7,19H,1H3. The Morgan fingerprint density at radius 1 is 1.15 bits per heavy atom. The van der Waals surface area contributed by atoms with E-state index in [1.807, 2.05) is 19.1 Å². The molecule has 0 aliphatic rings. The topological polar surface area (TPSA) is 72.0 Å². The van der Waals surface area contributed by atoms with Crippen LogP contribution in [0.2, 0.25) is 5.02 Å². The van der Waals surface area contributed by atoms with Crippen LogP contribution in [0.25, 0.3) is 23.0 Å². The molecule has 0 amide bonds. The number of halogens is 1. The maximum atomic E-state index is 9.81. The van der Waals surface area contributed by atoms with Crippen molar-refractivity contribution < 1.29 is 9.63 Å². The first-order valence-electron chi connectivity index (χ1n) is 5.90. The van der Waals surface area contributed by atoms with Crippen LogP contribution >= 0.6 is 11.6 Å². The van der Waals surface area contributed by atoms with Crippen LogP contribution in [0.5, 0.6) is 5.75 Å². The second-order valence-electron chi connectivity index (χ2n) is 4.25. The van der Waals surface area contributed by atoms with Crippen molar-refractivity contribution in [2.75, 3.05) is 0 Å². The van der Waals surface area contributed by atoms with Gasteiger partial charge >= 0.3 is 0 Å². The lowest BCUT2D eigenvalue weighted by molar-refractivity contribution is 0.425. The van der Waals surface area contributed by atoms with Crippen molar-refractivity contribution in [2.45, 2.75) is 6.92 Å². The zero-order chi connectivity index (χ0) is 14.1. The molecule has 0 aliphatic carbocycles. The van der Waals surface area contributed by atoms with Gasteiger partial charge in [0.2, 0.25) is 5.82 Å². The van der Waals surface area contributed by atoms with Crippen LogP contribution in [0, 0.1) is 6.92 Å². The van der Waals surface area contributed by atoms with Gasteiger partial charge in [0.05, 0.1) is 5.56 Å².